The Balaban J connectivity index is 1.22. The fraction of sp³-hybridized carbons (Fsp3) is 0.480. The normalized spacial score (nSPS) is 24.6. The van der Waals surface area contributed by atoms with E-state index in [0.717, 1.165) is 31.5 Å². The van der Waals surface area contributed by atoms with Gasteiger partial charge >= 0.3 is 0 Å². The summed E-state index contributed by atoms with van der Waals surface area (Å²) in [4.78, 5) is 14.5. The van der Waals surface area contributed by atoms with Gasteiger partial charge in [-0.05, 0) is 68.9 Å². The number of nitrogens with zero attached hydrogens (tertiary/aromatic N) is 3. The lowest BCUT2D eigenvalue weighted by atomic mass is 9.83. The van der Waals surface area contributed by atoms with E-state index in [0.29, 0.717) is 40.4 Å². The molecule has 3 aromatic rings. The molecule has 0 spiro atoms. The van der Waals surface area contributed by atoms with E-state index in [4.69, 9.17) is 4.42 Å². The van der Waals surface area contributed by atoms with Gasteiger partial charge in [-0.25, -0.2) is 0 Å². The molecule has 2 bridgehead atoms. The molecule has 1 saturated carbocycles. The first-order chi connectivity index (χ1) is 16.0. The van der Waals surface area contributed by atoms with Crippen LogP contribution in [0.15, 0.2) is 34.7 Å². The molecule has 1 amide bonds. The molecule has 172 valence electrons. The second kappa shape index (κ2) is 8.02. The van der Waals surface area contributed by atoms with Gasteiger partial charge in [0.05, 0.1) is 5.69 Å². The van der Waals surface area contributed by atoms with Gasteiger partial charge < -0.3 is 25.1 Å². The minimum absolute atomic E-state index is 0.0824. The first-order valence-electron chi connectivity index (χ1n) is 11.9. The monoisotopic (exact) mass is 447 g/mol. The predicted molar refractivity (Wildman–Crippen MR) is 125 cm³/mol. The third-order valence-corrected chi connectivity index (χ3v) is 7.30. The van der Waals surface area contributed by atoms with Crippen LogP contribution in [0.5, 0.6) is 5.75 Å². The maximum absolute atomic E-state index is 12.3. The molecule has 0 radical (unpaired) electrons. The Labute approximate surface area is 192 Å². The quantitative estimate of drug-likeness (QED) is 0.549. The van der Waals surface area contributed by atoms with Crippen LogP contribution in [0.25, 0.3) is 22.2 Å². The number of amides is 1. The number of piperidine rings is 2. The first-order valence-corrected chi connectivity index (χ1v) is 11.9. The highest BCUT2D eigenvalue weighted by Gasteiger charge is 2.33. The highest BCUT2D eigenvalue weighted by atomic mass is 16.3. The molecule has 8 nitrogen and oxygen atoms in total. The summed E-state index contributed by atoms with van der Waals surface area (Å²) in [5.41, 5.74) is 1.63. The van der Waals surface area contributed by atoms with Gasteiger partial charge in [-0.1, -0.05) is 6.42 Å². The number of rotatable bonds is 5. The molecule has 6 rings (SSSR count). The molecule has 33 heavy (non-hydrogen) atoms. The zero-order valence-corrected chi connectivity index (χ0v) is 18.8. The minimum Gasteiger partial charge on any atom is -0.507 e. The van der Waals surface area contributed by atoms with Gasteiger partial charge in [0.2, 0.25) is 0 Å². The second-order valence-corrected chi connectivity index (χ2v) is 9.77. The average Bonchev–Trinajstić information content (AvgIpc) is 3.53. The number of aromatic nitrogens is 2. The van der Waals surface area contributed by atoms with Crippen LogP contribution in [0.2, 0.25) is 0 Å². The molecule has 1 aliphatic carbocycles. The summed E-state index contributed by atoms with van der Waals surface area (Å²) >= 11 is 0. The molecule has 2 aromatic heterocycles. The molecule has 8 heteroatoms. The van der Waals surface area contributed by atoms with Gasteiger partial charge in [0, 0.05) is 42.2 Å². The second-order valence-electron chi connectivity index (χ2n) is 9.77. The number of hydrogen-bond donors (Lipinski definition) is 3. The van der Waals surface area contributed by atoms with Crippen molar-refractivity contribution >= 4 is 22.7 Å². The fourth-order valence-electron chi connectivity index (χ4n) is 5.27. The lowest BCUT2D eigenvalue weighted by molar-refractivity contribution is 0.0925. The Bertz CT molecular complexity index is 1170. The van der Waals surface area contributed by atoms with Crippen molar-refractivity contribution in [3.8, 4) is 17.0 Å². The van der Waals surface area contributed by atoms with Crippen molar-refractivity contribution in [1.82, 2.24) is 20.8 Å². The van der Waals surface area contributed by atoms with E-state index in [-0.39, 0.29) is 23.5 Å². The topological polar surface area (TPSA) is 104 Å². The van der Waals surface area contributed by atoms with Crippen molar-refractivity contribution < 1.29 is 14.3 Å². The third kappa shape index (κ3) is 4.04. The maximum atomic E-state index is 12.3. The predicted octanol–water partition coefficient (Wildman–Crippen LogP) is 3.60. The molecule has 2 unspecified atom stereocenters. The van der Waals surface area contributed by atoms with Crippen molar-refractivity contribution in [2.24, 2.45) is 0 Å². The number of phenolic OH excluding ortho intramolecular Hbond substituents is 1. The summed E-state index contributed by atoms with van der Waals surface area (Å²) in [5, 5.41) is 26.8. The van der Waals surface area contributed by atoms with Crippen molar-refractivity contribution in [3.05, 3.63) is 36.1 Å². The molecular formula is C25H29N5O3. The number of carbonyl (C=O) groups is 1. The Kier molecular flexibility index (Phi) is 4.98. The summed E-state index contributed by atoms with van der Waals surface area (Å²) in [7, 11) is 2.09. The van der Waals surface area contributed by atoms with Crippen molar-refractivity contribution in [2.45, 2.75) is 69.1 Å². The fourth-order valence-corrected chi connectivity index (χ4v) is 5.27. The third-order valence-electron chi connectivity index (χ3n) is 7.30. The van der Waals surface area contributed by atoms with E-state index in [9.17, 15) is 9.90 Å². The summed E-state index contributed by atoms with van der Waals surface area (Å²) in [6.45, 7) is 0. The minimum atomic E-state index is -0.219. The number of phenols is 1. The molecule has 4 heterocycles. The smallest absolute Gasteiger partial charge is 0.287 e. The van der Waals surface area contributed by atoms with Gasteiger partial charge in [0.15, 0.2) is 11.6 Å². The van der Waals surface area contributed by atoms with Crippen molar-refractivity contribution in [1.29, 1.82) is 0 Å². The van der Waals surface area contributed by atoms with Crippen LogP contribution in [0.3, 0.4) is 0 Å². The van der Waals surface area contributed by atoms with Crippen LogP contribution in [0, 0.1) is 0 Å². The largest absolute Gasteiger partial charge is 0.507 e. The number of carbonyl (C=O) groups excluding carboxylic acids is 1. The lowest BCUT2D eigenvalue weighted by Gasteiger charge is -2.43. The molecule has 3 fully saturated rings. The number of fused-ring (bicyclic) bond motifs is 3. The Morgan fingerprint density at radius 2 is 1.91 bits per heavy atom. The number of anilines is 1. The number of benzene rings is 1. The number of furan rings is 1. The van der Waals surface area contributed by atoms with Gasteiger partial charge in [-0.15, -0.1) is 10.2 Å². The zero-order chi connectivity index (χ0) is 22.5. The summed E-state index contributed by atoms with van der Waals surface area (Å²) in [6.07, 6.45) is 8.11. The van der Waals surface area contributed by atoms with E-state index >= 15 is 0 Å². The molecule has 2 saturated heterocycles. The van der Waals surface area contributed by atoms with E-state index in [2.05, 4.69) is 32.8 Å². The van der Waals surface area contributed by atoms with E-state index in [1.807, 2.05) is 12.1 Å². The van der Waals surface area contributed by atoms with Crippen molar-refractivity contribution in [2.75, 3.05) is 11.9 Å². The van der Waals surface area contributed by atoms with E-state index in [1.165, 1.54) is 19.3 Å². The van der Waals surface area contributed by atoms with Crippen LogP contribution in [-0.2, 0) is 0 Å². The Hall–Kier alpha value is -3.13. The SMILES string of the molecule is CN(c1ccc(-c2cc3oc(C(=O)NC4CC4)cc3cc2O)nn1)C1CC2CCCC(C1)N2. The molecule has 2 aliphatic heterocycles. The van der Waals surface area contributed by atoms with E-state index in [1.54, 1.807) is 18.2 Å². The molecular weight excluding hydrogens is 418 g/mol. The van der Waals surface area contributed by atoms with Crippen molar-refractivity contribution in [3.63, 3.8) is 0 Å². The Morgan fingerprint density at radius 3 is 2.61 bits per heavy atom. The highest BCUT2D eigenvalue weighted by Crippen LogP contribution is 2.35. The number of aromatic hydroxyl groups is 1. The molecule has 1 aromatic carbocycles. The zero-order valence-electron chi connectivity index (χ0n) is 18.8. The summed E-state index contributed by atoms with van der Waals surface area (Å²) in [6, 6.07) is 10.7. The van der Waals surface area contributed by atoms with E-state index < -0.39 is 0 Å². The van der Waals surface area contributed by atoms with Gasteiger partial charge in [-0.2, -0.15) is 0 Å². The van der Waals surface area contributed by atoms with Gasteiger partial charge in [0.25, 0.3) is 5.91 Å². The van der Waals surface area contributed by atoms with Gasteiger partial charge in [0.1, 0.15) is 11.3 Å². The first kappa shape index (κ1) is 20.5. The standard InChI is InChI=1S/C25H29N5O3/c1-30(18-11-16-3-2-4-17(12-18)26-16)24-8-7-20(28-29-24)19-13-22-14(9-21(19)31)10-23(33-22)25(32)27-15-5-6-15/h7-10,13,15-18,26,31H,2-6,11-12H2,1H3,(H,27,32). The van der Waals surface area contributed by atoms with Crippen LogP contribution < -0.4 is 15.5 Å². The van der Waals surface area contributed by atoms with Crippen LogP contribution in [0.4, 0.5) is 5.82 Å². The number of hydrogen-bond acceptors (Lipinski definition) is 7. The van der Waals surface area contributed by atoms with Crippen LogP contribution >= 0.6 is 0 Å². The summed E-state index contributed by atoms with van der Waals surface area (Å²) < 4.78 is 5.77. The van der Waals surface area contributed by atoms with Crippen LogP contribution in [-0.4, -0.2) is 52.4 Å². The number of nitrogens with one attached hydrogen (secondary N) is 2. The highest BCUT2D eigenvalue weighted by molar-refractivity contribution is 5.97. The lowest BCUT2D eigenvalue weighted by Crippen LogP contribution is -2.54. The molecule has 3 N–H and O–H groups in total. The molecule has 3 aliphatic rings. The maximum Gasteiger partial charge on any atom is 0.287 e. The molecule has 2 atom stereocenters. The van der Waals surface area contributed by atoms with Gasteiger partial charge in [-0.3, -0.25) is 4.79 Å². The summed E-state index contributed by atoms with van der Waals surface area (Å²) in [5.74, 6) is 0.951. The van der Waals surface area contributed by atoms with Crippen LogP contribution in [0.1, 0.15) is 55.5 Å². The average molecular weight is 448 g/mol. The Morgan fingerprint density at radius 1 is 1.12 bits per heavy atom.